The summed E-state index contributed by atoms with van der Waals surface area (Å²) < 4.78 is 0. The van der Waals surface area contributed by atoms with E-state index in [0.717, 1.165) is 26.2 Å². The molecule has 0 saturated carbocycles. The van der Waals surface area contributed by atoms with E-state index in [1.54, 1.807) is 0 Å². The molecule has 3 rings (SSSR count). The number of para-hydroxylation sites is 1. The van der Waals surface area contributed by atoms with Crippen LogP contribution in [0.5, 0.6) is 0 Å². The van der Waals surface area contributed by atoms with Gasteiger partial charge in [0.2, 0.25) is 0 Å². The van der Waals surface area contributed by atoms with E-state index >= 15 is 0 Å². The van der Waals surface area contributed by atoms with Crippen LogP contribution in [0, 0.1) is 0 Å². The van der Waals surface area contributed by atoms with Gasteiger partial charge in [0.25, 0.3) is 0 Å². The van der Waals surface area contributed by atoms with Crippen molar-refractivity contribution in [3.05, 3.63) is 65.2 Å². The lowest BCUT2D eigenvalue weighted by atomic mass is 10.1. The lowest BCUT2D eigenvalue weighted by molar-refractivity contribution is 0.674. The molecule has 1 aliphatic heterocycles. The molecule has 2 aromatic rings. The van der Waals surface area contributed by atoms with Crippen LogP contribution in [0.15, 0.2) is 48.5 Å². The van der Waals surface area contributed by atoms with Gasteiger partial charge in [-0.25, -0.2) is 0 Å². The number of benzene rings is 2. The molecule has 0 aromatic heterocycles. The molecule has 110 valence electrons. The second-order valence-electron chi connectivity index (χ2n) is 5.80. The number of anilines is 1. The molecular formula is C19H24N2. The van der Waals surface area contributed by atoms with Gasteiger partial charge in [0.05, 0.1) is 0 Å². The number of nitrogens with zero attached hydrogens (tertiary/aromatic N) is 1. The predicted octanol–water partition coefficient (Wildman–Crippen LogP) is 3.75. The van der Waals surface area contributed by atoms with Crippen molar-refractivity contribution >= 4 is 5.69 Å². The Morgan fingerprint density at radius 1 is 1.05 bits per heavy atom. The first-order chi connectivity index (χ1) is 10.4. The third-order valence-corrected chi connectivity index (χ3v) is 4.10. The number of hydrogen-bond donors (Lipinski definition) is 1. The molecule has 0 spiro atoms. The quantitative estimate of drug-likeness (QED) is 0.811. The average Bonchev–Trinajstić information content (AvgIpc) is 2.91. The molecule has 21 heavy (non-hydrogen) atoms. The van der Waals surface area contributed by atoms with Gasteiger partial charge in [0.1, 0.15) is 0 Å². The van der Waals surface area contributed by atoms with Crippen molar-refractivity contribution in [3.8, 4) is 0 Å². The Labute approximate surface area is 127 Å². The smallest absolute Gasteiger partial charge is 0.0429 e. The van der Waals surface area contributed by atoms with E-state index in [2.05, 4.69) is 65.7 Å². The van der Waals surface area contributed by atoms with Crippen molar-refractivity contribution in [1.29, 1.82) is 0 Å². The van der Waals surface area contributed by atoms with Crippen LogP contribution in [-0.2, 0) is 19.5 Å². The SMILES string of the molecule is CCCNCc1cccc(CN2CCc3ccccc32)c1. The van der Waals surface area contributed by atoms with Crippen LogP contribution in [0.3, 0.4) is 0 Å². The first-order valence-corrected chi connectivity index (χ1v) is 7.98. The van der Waals surface area contributed by atoms with Crippen LogP contribution in [0.1, 0.15) is 30.0 Å². The predicted molar refractivity (Wildman–Crippen MR) is 89.6 cm³/mol. The summed E-state index contributed by atoms with van der Waals surface area (Å²) in [5.41, 5.74) is 5.68. The third kappa shape index (κ3) is 3.45. The van der Waals surface area contributed by atoms with Crippen molar-refractivity contribution < 1.29 is 0 Å². The van der Waals surface area contributed by atoms with Gasteiger partial charge in [-0.1, -0.05) is 49.4 Å². The Morgan fingerprint density at radius 2 is 1.90 bits per heavy atom. The zero-order valence-corrected chi connectivity index (χ0v) is 12.8. The molecule has 0 radical (unpaired) electrons. The average molecular weight is 280 g/mol. The highest BCUT2D eigenvalue weighted by atomic mass is 15.1. The highest BCUT2D eigenvalue weighted by molar-refractivity contribution is 5.58. The fourth-order valence-corrected chi connectivity index (χ4v) is 3.04. The minimum atomic E-state index is 0.971. The summed E-state index contributed by atoms with van der Waals surface area (Å²) >= 11 is 0. The van der Waals surface area contributed by atoms with Gasteiger partial charge in [-0.05, 0) is 42.1 Å². The normalized spacial score (nSPS) is 13.5. The molecule has 2 nitrogen and oxygen atoms in total. The van der Waals surface area contributed by atoms with Crippen LogP contribution in [-0.4, -0.2) is 13.1 Å². The maximum atomic E-state index is 3.47. The summed E-state index contributed by atoms with van der Waals surface area (Å²) in [6.45, 7) is 6.41. The van der Waals surface area contributed by atoms with Crippen molar-refractivity contribution in [2.75, 3.05) is 18.0 Å². The van der Waals surface area contributed by atoms with Crippen molar-refractivity contribution in [2.45, 2.75) is 32.9 Å². The fraction of sp³-hybridized carbons (Fsp3) is 0.368. The lowest BCUT2D eigenvalue weighted by Crippen LogP contribution is -2.20. The van der Waals surface area contributed by atoms with Gasteiger partial charge in [0.15, 0.2) is 0 Å². The molecule has 0 aliphatic carbocycles. The molecule has 2 aromatic carbocycles. The Balaban J connectivity index is 1.67. The minimum absolute atomic E-state index is 0.971. The number of nitrogens with one attached hydrogen (secondary N) is 1. The number of hydrogen-bond acceptors (Lipinski definition) is 2. The van der Waals surface area contributed by atoms with E-state index in [9.17, 15) is 0 Å². The zero-order chi connectivity index (χ0) is 14.5. The van der Waals surface area contributed by atoms with E-state index in [-0.39, 0.29) is 0 Å². The summed E-state index contributed by atoms with van der Waals surface area (Å²) in [5.74, 6) is 0. The highest BCUT2D eigenvalue weighted by Gasteiger charge is 2.18. The van der Waals surface area contributed by atoms with Gasteiger partial charge in [0, 0.05) is 25.3 Å². The summed E-state index contributed by atoms with van der Waals surface area (Å²) in [4.78, 5) is 2.49. The first-order valence-electron chi connectivity index (χ1n) is 7.98. The largest absolute Gasteiger partial charge is 0.367 e. The molecule has 0 saturated heterocycles. The summed E-state index contributed by atoms with van der Waals surface area (Å²) in [6, 6.07) is 17.7. The Kier molecular flexibility index (Phi) is 4.56. The van der Waals surface area contributed by atoms with Crippen molar-refractivity contribution in [3.63, 3.8) is 0 Å². The molecule has 0 fully saturated rings. The zero-order valence-electron chi connectivity index (χ0n) is 12.8. The maximum absolute atomic E-state index is 3.47. The van der Waals surface area contributed by atoms with Crippen LogP contribution >= 0.6 is 0 Å². The fourth-order valence-electron chi connectivity index (χ4n) is 3.04. The molecule has 1 N–H and O–H groups in total. The molecule has 0 unspecified atom stereocenters. The maximum Gasteiger partial charge on any atom is 0.0429 e. The van der Waals surface area contributed by atoms with E-state index in [4.69, 9.17) is 0 Å². The van der Waals surface area contributed by atoms with Crippen LogP contribution < -0.4 is 10.2 Å². The number of rotatable bonds is 6. The van der Waals surface area contributed by atoms with Crippen molar-refractivity contribution in [2.24, 2.45) is 0 Å². The standard InChI is InChI=1S/C19H24N2/c1-2-11-20-14-16-6-5-7-17(13-16)15-21-12-10-18-8-3-4-9-19(18)21/h3-9,13,20H,2,10-12,14-15H2,1H3. The first kappa shape index (κ1) is 14.2. The van der Waals surface area contributed by atoms with Gasteiger partial charge < -0.3 is 10.2 Å². The molecule has 1 aliphatic rings. The highest BCUT2D eigenvalue weighted by Crippen LogP contribution is 2.28. The molecular weight excluding hydrogens is 256 g/mol. The van der Waals surface area contributed by atoms with Gasteiger partial charge in [-0.3, -0.25) is 0 Å². The summed E-state index contributed by atoms with van der Waals surface area (Å²) in [5, 5.41) is 3.47. The molecule has 1 heterocycles. The van der Waals surface area contributed by atoms with E-state index in [1.165, 1.54) is 35.2 Å². The molecule has 0 atom stereocenters. The van der Waals surface area contributed by atoms with E-state index in [0.29, 0.717) is 0 Å². The minimum Gasteiger partial charge on any atom is -0.367 e. The Hall–Kier alpha value is -1.80. The topological polar surface area (TPSA) is 15.3 Å². The molecule has 0 amide bonds. The monoisotopic (exact) mass is 280 g/mol. The summed E-state index contributed by atoms with van der Waals surface area (Å²) in [7, 11) is 0. The molecule has 2 heteroatoms. The van der Waals surface area contributed by atoms with Crippen molar-refractivity contribution in [1.82, 2.24) is 5.32 Å². The Morgan fingerprint density at radius 3 is 2.81 bits per heavy atom. The van der Waals surface area contributed by atoms with Gasteiger partial charge >= 0.3 is 0 Å². The number of fused-ring (bicyclic) bond motifs is 1. The van der Waals surface area contributed by atoms with Crippen LogP contribution in [0.25, 0.3) is 0 Å². The Bertz CT molecular complexity index is 592. The third-order valence-electron chi connectivity index (χ3n) is 4.10. The van der Waals surface area contributed by atoms with Gasteiger partial charge in [-0.15, -0.1) is 0 Å². The van der Waals surface area contributed by atoms with Gasteiger partial charge in [-0.2, -0.15) is 0 Å². The second-order valence-corrected chi connectivity index (χ2v) is 5.80. The lowest BCUT2D eigenvalue weighted by Gasteiger charge is -2.20. The van der Waals surface area contributed by atoms with Crippen LogP contribution in [0.4, 0.5) is 5.69 Å². The van der Waals surface area contributed by atoms with Crippen LogP contribution in [0.2, 0.25) is 0 Å². The second kappa shape index (κ2) is 6.77. The summed E-state index contributed by atoms with van der Waals surface area (Å²) in [6.07, 6.45) is 2.36. The van der Waals surface area contributed by atoms with E-state index in [1.807, 2.05) is 0 Å². The van der Waals surface area contributed by atoms with E-state index < -0.39 is 0 Å². The molecule has 0 bridgehead atoms.